The quantitative estimate of drug-likeness (QED) is 0.913. The third kappa shape index (κ3) is 2.51. The van der Waals surface area contributed by atoms with Gasteiger partial charge in [-0.1, -0.05) is 19.1 Å². The van der Waals surface area contributed by atoms with Crippen LogP contribution in [0, 0.1) is 5.82 Å². The van der Waals surface area contributed by atoms with Gasteiger partial charge < -0.3 is 10.1 Å². The van der Waals surface area contributed by atoms with Gasteiger partial charge in [-0.05, 0) is 24.1 Å². The smallest absolute Gasteiger partial charge is 0.135 e. The van der Waals surface area contributed by atoms with Crippen molar-refractivity contribution in [2.75, 3.05) is 6.54 Å². The van der Waals surface area contributed by atoms with Crippen LogP contribution in [-0.2, 0) is 0 Å². The lowest BCUT2D eigenvalue weighted by molar-refractivity contribution is 0.154. The molecule has 2 heterocycles. The van der Waals surface area contributed by atoms with E-state index >= 15 is 0 Å². The van der Waals surface area contributed by atoms with Gasteiger partial charge in [-0.25, -0.2) is 4.39 Å². The zero-order valence-electron chi connectivity index (χ0n) is 10.7. The Morgan fingerprint density at radius 3 is 3.05 bits per heavy atom. The molecule has 1 aliphatic heterocycles. The minimum Gasteiger partial charge on any atom is -0.484 e. The van der Waals surface area contributed by atoms with E-state index < -0.39 is 0 Å². The van der Waals surface area contributed by atoms with Crippen molar-refractivity contribution in [1.29, 1.82) is 0 Å². The van der Waals surface area contributed by atoms with Crippen LogP contribution in [-0.4, -0.2) is 6.54 Å². The van der Waals surface area contributed by atoms with Gasteiger partial charge in [0, 0.05) is 29.0 Å². The van der Waals surface area contributed by atoms with Crippen LogP contribution in [0.4, 0.5) is 4.39 Å². The fraction of sp³-hybridized carbons (Fsp3) is 0.333. The maximum absolute atomic E-state index is 13.4. The van der Waals surface area contributed by atoms with Crippen molar-refractivity contribution in [2.24, 2.45) is 0 Å². The summed E-state index contributed by atoms with van der Waals surface area (Å²) in [5, 5.41) is 5.50. The first kappa shape index (κ1) is 12.6. The van der Waals surface area contributed by atoms with Crippen molar-refractivity contribution in [3.63, 3.8) is 0 Å². The first-order valence-electron chi connectivity index (χ1n) is 6.51. The predicted molar refractivity (Wildman–Crippen MR) is 75.1 cm³/mol. The van der Waals surface area contributed by atoms with Gasteiger partial charge >= 0.3 is 0 Å². The van der Waals surface area contributed by atoms with Crippen LogP contribution < -0.4 is 10.1 Å². The van der Waals surface area contributed by atoms with Crippen LogP contribution in [0.2, 0.25) is 0 Å². The van der Waals surface area contributed by atoms with Crippen molar-refractivity contribution in [3.05, 3.63) is 52.0 Å². The first-order valence-corrected chi connectivity index (χ1v) is 7.38. The number of ether oxygens (including phenoxy) is 1. The molecule has 19 heavy (non-hydrogen) atoms. The number of halogens is 1. The average Bonchev–Trinajstić information content (AvgIpc) is 2.92. The SMILES string of the molecule is CCNC1CC(c2cccs2)Oc2cc(F)ccc21. The third-order valence-electron chi connectivity index (χ3n) is 3.38. The molecule has 1 N–H and O–H groups in total. The maximum atomic E-state index is 13.4. The number of benzene rings is 1. The van der Waals surface area contributed by atoms with Gasteiger partial charge in [0.05, 0.1) is 0 Å². The lowest BCUT2D eigenvalue weighted by Crippen LogP contribution is -2.28. The van der Waals surface area contributed by atoms with Gasteiger partial charge in [0.25, 0.3) is 0 Å². The molecule has 0 aliphatic carbocycles. The van der Waals surface area contributed by atoms with Gasteiger partial charge in [0.1, 0.15) is 17.7 Å². The Labute approximate surface area is 116 Å². The van der Waals surface area contributed by atoms with Crippen LogP contribution in [0.1, 0.15) is 35.9 Å². The number of nitrogens with one attached hydrogen (secondary N) is 1. The van der Waals surface area contributed by atoms with Crippen molar-refractivity contribution >= 4 is 11.3 Å². The molecule has 100 valence electrons. The summed E-state index contributed by atoms with van der Waals surface area (Å²) in [5.41, 5.74) is 1.05. The summed E-state index contributed by atoms with van der Waals surface area (Å²) in [5.74, 6) is 0.413. The zero-order chi connectivity index (χ0) is 13.2. The van der Waals surface area contributed by atoms with E-state index in [2.05, 4.69) is 18.3 Å². The standard InChI is InChI=1S/C15H16FNOS/c1-2-17-12-9-14(15-4-3-7-19-15)18-13-8-10(16)5-6-11(12)13/h3-8,12,14,17H,2,9H2,1H3. The van der Waals surface area contributed by atoms with Crippen LogP contribution in [0.3, 0.4) is 0 Å². The fourth-order valence-electron chi connectivity index (χ4n) is 2.53. The summed E-state index contributed by atoms with van der Waals surface area (Å²) in [4.78, 5) is 1.19. The molecule has 0 saturated carbocycles. The number of thiophene rings is 1. The molecule has 0 amide bonds. The van der Waals surface area contributed by atoms with E-state index in [1.165, 1.54) is 17.0 Å². The third-order valence-corrected chi connectivity index (χ3v) is 4.35. The van der Waals surface area contributed by atoms with Crippen LogP contribution >= 0.6 is 11.3 Å². The summed E-state index contributed by atoms with van der Waals surface area (Å²) in [7, 11) is 0. The zero-order valence-corrected chi connectivity index (χ0v) is 11.5. The highest BCUT2D eigenvalue weighted by Gasteiger charge is 2.29. The van der Waals surface area contributed by atoms with Crippen molar-refractivity contribution in [1.82, 2.24) is 5.32 Å². The van der Waals surface area contributed by atoms with Gasteiger partial charge in [-0.3, -0.25) is 0 Å². The Balaban J connectivity index is 1.95. The largest absolute Gasteiger partial charge is 0.484 e. The highest BCUT2D eigenvalue weighted by molar-refractivity contribution is 7.10. The number of hydrogen-bond donors (Lipinski definition) is 1. The Morgan fingerprint density at radius 2 is 2.32 bits per heavy atom. The monoisotopic (exact) mass is 277 g/mol. The molecule has 0 saturated heterocycles. The molecule has 0 spiro atoms. The summed E-state index contributed by atoms with van der Waals surface area (Å²) in [6, 6.07) is 9.12. The average molecular weight is 277 g/mol. The van der Waals surface area contributed by atoms with Gasteiger partial charge in [0.2, 0.25) is 0 Å². The normalized spacial score (nSPS) is 21.8. The summed E-state index contributed by atoms with van der Waals surface area (Å²) >= 11 is 1.68. The van der Waals surface area contributed by atoms with E-state index in [4.69, 9.17) is 4.74 Å². The van der Waals surface area contributed by atoms with Crippen LogP contribution in [0.25, 0.3) is 0 Å². The second-order valence-electron chi connectivity index (χ2n) is 4.65. The van der Waals surface area contributed by atoms with E-state index in [0.29, 0.717) is 5.75 Å². The fourth-order valence-corrected chi connectivity index (χ4v) is 3.30. The Hall–Kier alpha value is -1.39. The Bertz CT molecular complexity index is 555. The summed E-state index contributed by atoms with van der Waals surface area (Å²) < 4.78 is 19.3. The topological polar surface area (TPSA) is 21.3 Å². The van der Waals surface area contributed by atoms with Gasteiger partial charge in [-0.2, -0.15) is 0 Å². The molecule has 2 unspecified atom stereocenters. The molecule has 0 fully saturated rings. The number of rotatable bonds is 3. The molecular formula is C15H16FNOS. The molecule has 1 aliphatic rings. The molecule has 1 aromatic carbocycles. The lowest BCUT2D eigenvalue weighted by Gasteiger charge is -2.32. The molecule has 2 atom stereocenters. The summed E-state index contributed by atoms with van der Waals surface area (Å²) in [6.45, 7) is 2.97. The molecule has 0 radical (unpaired) electrons. The minimum atomic E-state index is -0.249. The number of hydrogen-bond acceptors (Lipinski definition) is 3. The second-order valence-corrected chi connectivity index (χ2v) is 5.63. The van der Waals surface area contributed by atoms with Crippen molar-refractivity contribution in [2.45, 2.75) is 25.5 Å². The summed E-state index contributed by atoms with van der Waals surface area (Å²) in [6.07, 6.45) is 0.894. The van der Waals surface area contributed by atoms with E-state index in [1.807, 2.05) is 17.5 Å². The Morgan fingerprint density at radius 1 is 1.42 bits per heavy atom. The van der Waals surface area contributed by atoms with Gasteiger partial charge in [-0.15, -0.1) is 11.3 Å². The predicted octanol–water partition coefficient (Wildman–Crippen LogP) is 4.06. The molecule has 0 bridgehead atoms. The van der Waals surface area contributed by atoms with Crippen LogP contribution in [0.5, 0.6) is 5.75 Å². The molecule has 4 heteroatoms. The second kappa shape index (κ2) is 5.31. The highest BCUT2D eigenvalue weighted by atomic mass is 32.1. The van der Waals surface area contributed by atoms with E-state index in [9.17, 15) is 4.39 Å². The van der Waals surface area contributed by atoms with E-state index in [1.54, 1.807) is 11.3 Å². The molecule has 2 nitrogen and oxygen atoms in total. The lowest BCUT2D eigenvalue weighted by atomic mass is 9.95. The van der Waals surface area contributed by atoms with Crippen LogP contribution in [0.15, 0.2) is 35.7 Å². The van der Waals surface area contributed by atoms with Crippen molar-refractivity contribution in [3.8, 4) is 5.75 Å². The van der Waals surface area contributed by atoms with E-state index in [0.717, 1.165) is 18.5 Å². The maximum Gasteiger partial charge on any atom is 0.135 e. The first-order chi connectivity index (χ1) is 9.28. The van der Waals surface area contributed by atoms with Gasteiger partial charge in [0.15, 0.2) is 0 Å². The molecule has 1 aromatic heterocycles. The molecule has 3 rings (SSSR count). The number of fused-ring (bicyclic) bond motifs is 1. The highest BCUT2D eigenvalue weighted by Crippen LogP contribution is 2.42. The van der Waals surface area contributed by atoms with Crippen molar-refractivity contribution < 1.29 is 9.13 Å². The molecule has 2 aromatic rings. The Kier molecular flexibility index (Phi) is 3.53. The minimum absolute atomic E-state index is 0.0124. The van der Waals surface area contributed by atoms with E-state index in [-0.39, 0.29) is 18.0 Å². The molecular weight excluding hydrogens is 261 g/mol.